The molecule has 0 bridgehead atoms. The van der Waals surface area contributed by atoms with Crippen molar-refractivity contribution < 1.29 is 9.53 Å². The maximum absolute atomic E-state index is 11.5. The molecule has 0 saturated carbocycles. The minimum Gasteiger partial charge on any atom is -0.377 e. The van der Waals surface area contributed by atoms with Gasteiger partial charge < -0.3 is 20.7 Å². The molecule has 1 aliphatic rings. The average molecular weight is 257 g/mol. The Labute approximate surface area is 110 Å². The molecular weight excluding hydrogens is 230 g/mol. The second-order valence-corrected chi connectivity index (χ2v) is 5.33. The standard InChI is InChI=1S/C13H27N3O2/c1-10(2)18-9-8-16-6-4-12(5-7-16)15-13(17)11(3)14/h10-12H,4-9,14H2,1-3H3,(H,15,17). The number of nitrogens with two attached hydrogens (primary N) is 1. The van der Waals surface area contributed by atoms with Gasteiger partial charge in [0.05, 0.1) is 18.8 Å². The first kappa shape index (κ1) is 15.4. The van der Waals surface area contributed by atoms with Crippen LogP contribution in [0, 0.1) is 0 Å². The van der Waals surface area contributed by atoms with Crippen LogP contribution in [0.4, 0.5) is 0 Å². The van der Waals surface area contributed by atoms with Crippen molar-refractivity contribution in [2.75, 3.05) is 26.2 Å². The third-order valence-electron chi connectivity index (χ3n) is 3.21. The van der Waals surface area contributed by atoms with Crippen LogP contribution >= 0.6 is 0 Å². The summed E-state index contributed by atoms with van der Waals surface area (Å²) in [4.78, 5) is 13.9. The van der Waals surface area contributed by atoms with Crippen LogP contribution in [0.1, 0.15) is 33.6 Å². The lowest BCUT2D eigenvalue weighted by molar-refractivity contribution is -0.123. The van der Waals surface area contributed by atoms with Crippen molar-refractivity contribution >= 4 is 5.91 Å². The maximum Gasteiger partial charge on any atom is 0.236 e. The molecule has 1 rings (SSSR count). The Bertz CT molecular complexity index is 249. The molecule has 18 heavy (non-hydrogen) atoms. The van der Waals surface area contributed by atoms with Crippen molar-refractivity contribution in [2.24, 2.45) is 5.73 Å². The Kier molecular flexibility index (Phi) is 6.60. The van der Waals surface area contributed by atoms with Gasteiger partial charge in [0.25, 0.3) is 0 Å². The smallest absolute Gasteiger partial charge is 0.236 e. The zero-order valence-electron chi connectivity index (χ0n) is 11.8. The molecule has 0 aromatic heterocycles. The van der Waals surface area contributed by atoms with Gasteiger partial charge in [-0.25, -0.2) is 0 Å². The Morgan fingerprint density at radius 1 is 1.39 bits per heavy atom. The zero-order valence-corrected chi connectivity index (χ0v) is 11.8. The maximum atomic E-state index is 11.5. The van der Waals surface area contributed by atoms with Crippen LogP contribution in [-0.4, -0.2) is 55.2 Å². The van der Waals surface area contributed by atoms with Gasteiger partial charge in [-0.3, -0.25) is 4.79 Å². The van der Waals surface area contributed by atoms with E-state index in [2.05, 4.69) is 24.1 Å². The van der Waals surface area contributed by atoms with E-state index in [-0.39, 0.29) is 11.9 Å². The third kappa shape index (κ3) is 5.80. The molecule has 3 N–H and O–H groups in total. The van der Waals surface area contributed by atoms with Crippen molar-refractivity contribution in [3.8, 4) is 0 Å². The quantitative estimate of drug-likeness (QED) is 0.720. The number of nitrogens with zero attached hydrogens (tertiary/aromatic N) is 1. The van der Waals surface area contributed by atoms with Gasteiger partial charge in [-0.15, -0.1) is 0 Å². The summed E-state index contributed by atoms with van der Waals surface area (Å²) in [6, 6.07) is -0.131. The average Bonchev–Trinajstić information content (AvgIpc) is 2.30. The number of ether oxygens (including phenoxy) is 1. The zero-order chi connectivity index (χ0) is 13.5. The Hall–Kier alpha value is -0.650. The predicted molar refractivity (Wildman–Crippen MR) is 72.3 cm³/mol. The minimum atomic E-state index is -0.414. The molecule has 5 nitrogen and oxygen atoms in total. The molecule has 0 aromatic carbocycles. The summed E-state index contributed by atoms with van der Waals surface area (Å²) >= 11 is 0. The van der Waals surface area contributed by atoms with Crippen LogP contribution in [0.2, 0.25) is 0 Å². The predicted octanol–water partition coefficient (Wildman–Crippen LogP) is 0.339. The summed E-state index contributed by atoms with van der Waals surface area (Å²) in [7, 11) is 0. The Morgan fingerprint density at radius 2 is 2.00 bits per heavy atom. The lowest BCUT2D eigenvalue weighted by atomic mass is 10.0. The Morgan fingerprint density at radius 3 is 2.50 bits per heavy atom. The summed E-state index contributed by atoms with van der Waals surface area (Å²) in [6.07, 6.45) is 2.30. The number of piperidine rings is 1. The second-order valence-electron chi connectivity index (χ2n) is 5.33. The van der Waals surface area contributed by atoms with Gasteiger partial charge in [-0.1, -0.05) is 0 Å². The van der Waals surface area contributed by atoms with E-state index >= 15 is 0 Å². The van der Waals surface area contributed by atoms with Crippen LogP contribution in [0.15, 0.2) is 0 Å². The first-order valence-electron chi connectivity index (χ1n) is 6.89. The highest BCUT2D eigenvalue weighted by atomic mass is 16.5. The molecule has 5 heteroatoms. The van der Waals surface area contributed by atoms with Gasteiger partial charge in [0.15, 0.2) is 0 Å². The normalized spacial score (nSPS) is 20.1. The fourth-order valence-corrected chi connectivity index (χ4v) is 2.05. The van der Waals surface area contributed by atoms with E-state index in [0.717, 1.165) is 39.1 Å². The van der Waals surface area contributed by atoms with E-state index < -0.39 is 6.04 Å². The number of hydrogen-bond acceptors (Lipinski definition) is 4. The molecule has 1 saturated heterocycles. The van der Waals surface area contributed by atoms with Crippen molar-refractivity contribution in [1.29, 1.82) is 0 Å². The van der Waals surface area contributed by atoms with Crippen molar-refractivity contribution in [1.82, 2.24) is 10.2 Å². The number of rotatable bonds is 6. The van der Waals surface area contributed by atoms with Crippen LogP contribution in [0.3, 0.4) is 0 Å². The van der Waals surface area contributed by atoms with Gasteiger partial charge in [0.1, 0.15) is 0 Å². The molecule has 1 heterocycles. The van der Waals surface area contributed by atoms with Gasteiger partial charge in [0.2, 0.25) is 5.91 Å². The van der Waals surface area contributed by atoms with Crippen molar-refractivity contribution in [3.63, 3.8) is 0 Å². The van der Waals surface area contributed by atoms with Crippen LogP contribution in [-0.2, 0) is 9.53 Å². The molecule has 1 unspecified atom stereocenters. The number of likely N-dealkylation sites (tertiary alicyclic amines) is 1. The molecule has 0 spiro atoms. The topological polar surface area (TPSA) is 67.6 Å². The van der Waals surface area contributed by atoms with E-state index in [0.29, 0.717) is 6.10 Å². The van der Waals surface area contributed by atoms with Crippen LogP contribution in [0.25, 0.3) is 0 Å². The largest absolute Gasteiger partial charge is 0.377 e. The summed E-state index contributed by atoms with van der Waals surface area (Å²) < 4.78 is 5.54. The molecule has 0 radical (unpaired) electrons. The molecule has 1 atom stereocenters. The van der Waals surface area contributed by atoms with Crippen LogP contribution < -0.4 is 11.1 Å². The number of carbonyl (C=O) groups excluding carboxylic acids is 1. The lowest BCUT2D eigenvalue weighted by Crippen LogP contribution is -2.49. The molecule has 1 aliphatic heterocycles. The second kappa shape index (κ2) is 7.71. The number of carbonyl (C=O) groups is 1. The van der Waals surface area contributed by atoms with Crippen molar-refractivity contribution in [2.45, 2.75) is 51.8 Å². The van der Waals surface area contributed by atoms with Gasteiger partial charge in [-0.05, 0) is 33.6 Å². The van der Waals surface area contributed by atoms with E-state index in [9.17, 15) is 4.79 Å². The molecule has 1 fully saturated rings. The molecule has 106 valence electrons. The Balaban J connectivity index is 2.14. The van der Waals surface area contributed by atoms with Gasteiger partial charge in [-0.2, -0.15) is 0 Å². The lowest BCUT2D eigenvalue weighted by Gasteiger charge is -2.32. The van der Waals surface area contributed by atoms with E-state index in [1.54, 1.807) is 6.92 Å². The fourth-order valence-electron chi connectivity index (χ4n) is 2.05. The summed E-state index contributed by atoms with van der Waals surface area (Å²) in [5, 5.41) is 2.99. The number of hydrogen-bond donors (Lipinski definition) is 2. The number of nitrogens with one attached hydrogen (secondary N) is 1. The summed E-state index contributed by atoms with van der Waals surface area (Å²) in [6.45, 7) is 9.62. The highest BCUT2D eigenvalue weighted by molar-refractivity contribution is 5.81. The number of amides is 1. The first-order chi connectivity index (χ1) is 8.49. The SMILES string of the molecule is CC(C)OCCN1CCC(NC(=O)C(C)N)CC1. The highest BCUT2D eigenvalue weighted by Crippen LogP contribution is 2.10. The third-order valence-corrected chi connectivity index (χ3v) is 3.21. The van der Waals surface area contributed by atoms with Gasteiger partial charge in [0, 0.05) is 25.7 Å². The fraction of sp³-hybridized carbons (Fsp3) is 0.923. The van der Waals surface area contributed by atoms with Gasteiger partial charge >= 0.3 is 0 Å². The monoisotopic (exact) mass is 257 g/mol. The van der Waals surface area contributed by atoms with Crippen molar-refractivity contribution in [3.05, 3.63) is 0 Å². The van der Waals surface area contributed by atoms with E-state index in [1.807, 2.05) is 0 Å². The van der Waals surface area contributed by atoms with E-state index in [1.165, 1.54) is 0 Å². The summed E-state index contributed by atoms with van der Waals surface area (Å²) in [5.41, 5.74) is 5.54. The molecule has 0 aromatic rings. The summed E-state index contributed by atoms with van der Waals surface area (Å²) in [5.74, 6) is -0.0448. The minimum absolute atomic E-state index is 0.0448. The highest BCUT2D eigenvalue weighted by Gasteiger charge is 2.21. The first-order valence-corrected chi connectivity index (χ1v) is 6.89. The molecule has 1 amide bonds. The molecular formula is C13H27N3O2. The molecule has 0 aliphatic carbocycles. The van der Waals surface area contributed by atoms with Crippen LogP contribution in [0.5, 0.6) is 0 Å². The van der Waals surface area contributed by atoms with E-state index in [4.69, 9.17) is 10.5 Å².